The summed E-state index contributed by atoms with van der Waals surface area (Å²) in [6.07, 6.45) is 3.05. The van der Waals surface area contributed by atoms with Crippen LogP contribution in [-0.4, -0.2) is 40.5 Å². The van der Waals surface area contributed by atoms with Crippen molar-refractivity contribution in [3.05, 3.63) is 71.2 Å². The smallest absolute Gasteiger partial charge is 0.140 e. The van der Waals surface area contributed by atoms with E-state index >= 15 is 0 Å². The minimum Gasteiger partial charge on any atom is -0.314 e. The van der Waals surface area contributed by atoms with E-state index in [1.807, 2.05) is 0 Å². The molecule has 3 heterocycles. The number of fused-ring (bicyclic) bond motifs is 1. The number of hydrogen-bond donors (Lipinski definition) is 1. The van der Waals surface area contributed by atoms with Gasteiger partial charge in [0.05, 0.1) is 11.4 Å². The normalized spacial score (nSPS) is 15.9. The van der Waals surface area contributed by atoms with Crippen LogP contribution < -0.4 is 5.32 Å². The minimum atomic E-state index is 0.892. The Labute approximate surface area is 143 Å². The Bertz CT molecular complexity index is 816. The van der Waals surface area contributed by atoms with Crippen LogP contribution in [0.4, 0.5) is 0 Å². The van der Waals surface area contributed by atoms with Crippen molar-refractivity contribution in [2.24, 2.45) is 0 Å². The molecule has 2 aromatic heterocycles. The molecule has 0 unspecified atom stereocenters. The first-order valence-electron chi connectivity index (χ1n) is 8.74. The first-order chi connectivity index (χ1) is 11.8. The first kappa shape index (κ1) is 15.4. The number of pyridine rings is 1. The molecule has 0 radical (unpaired) electrons. The van der Waals surface area contributed by atoms with Crippen LogP contribution in [0.3, 0.4) is 0 Å². The summed E-state index contributed by atoms with van der Waals surface area (Å²) >= 11 is 0. The molecule has 3 aromatic rings. The maximum Gasteiger partial charge on any atom is 0.140 e. The molecular weight excluding hydrogens is 296 g/mol. The molecule has 124 valence electrons. The van der Waals surface area contributed by atoms with Crippen LogP contribution in [-0.2, 0) is 13.0 Å². The van der Waals surface area contributed by atoms with Crippen LogP contribution >= 0.6 is 0 Å². The van der Waals surface area contributed by atoms with Gasteiger partial charge in [-0.25, -0.2) is 4.98 Å². The monoisotopic (exact) mass is 320 g/mol. The second-order valence-electron chi connectivity index (χ2n) is 6.58. The van der Waals surface area contributed by atoms with Crippen molar-refractivity contribution >= 4 is 5.65 Å². The van der Waals surface area contributed by atoms with Crippen molar-refractivity contribution in [2.45, 2.75) is 19.9 Å². The lowest BCUT2D eigenvalue weighted by Gasteiger charge is -2.27. The Morgan fingerprint density at radius 3 is 2.62 bits per heavy atom. The van der Waals surface area contributed by atoms with E-state index in [0.29, 0.717) is 0 Å². The topological polar surface area (TPSA) is 32.6 Å². The van der Waals surface area contributed by atoms with Gasteiger partial charge in [-0.05, 0) is 24.1 Å². The number of nitrogens with zero attached hydrogens (tertiary/aromatic N) is 3. The van der Waals surface area contributed by atoms with Crippen molar-refractivity contribution in [1.82, 2.24) is 19.6 Å². The zero-order chi connectivity index (χ0) is 16.4. The van der Waals surface area contributed by atoms with Crippen LogP contribution in [0.15, 0.2) is 48.7 Å². The van der Waals surface area contributed by atoms with Crippen LogP contribution in [0.2, 0.25) is 0 Å². The van der Waals surface area contributed by atoms with E-state index in [0.717, 1.165) is 44.8 Å². The molecule has 1 N–H and O–H groups in total. The quantitative estimate of drug-likeness (QED) is 0.802. The number of rotatable bonds is 4. The molecule has 4 rings (SSSR count). The van der Waals surface area contributed by atoms with Crippen LogP contribution in [0.1, 0.15) is 22.5 Å². The summed E-state index contributed by atoms with van der Waals surface area (Å²) in [4.78, 5) is 7.52. The highest BCUT2D eigenvalue weighted by Crippen LogP contribution is 2.20. The van der Waals surface area contributed by atoms with E-state index < -0.39 is 0 Å². The summed E-state index contributed by atoms with van der Waals surface area (Å²) in [5, 5.41) is 3.43. The summed E-state index contributed by atoms with van der Waals surface area (Å²) in [5.41, 5.74) is 6.18. The third kappa shape index (κ3) is 3.07. The fourth-order valence-corrected chi connectivity index (χ4v) is 3.48. The van der Waals surface area contributed by atoms with Gasteiger partial charge in [0.15, 0.2) is 0 Å². The summed E-state index contributed by atoms with van der Waals surface area (Å²) in [7, 11) is 0. The number of benzene rings is 1. The Morgan fingerprint density at radius 2 is 1.83 bits per heavy atom. The van der Waals surface area contributed by atoms with Gasteiger partial charge in [-0.15, -0.1) is 0 Å². The Kier molecular flexibility index (Phi) is 4.32. The Balaban J connectivity index is 1.73. The highest BCUT2D eigenvalue weighted by Gasteiger charge is 2.18. The highest BCUT2D eigenvalue weighted by molar-refractivity contribution is 5.51. The highest BCUT2D eigenvalue weighted by atomic mass is 15.2. The standard InChI is InChI=1S/C20H24N4/c1-16-6-5-11-24-19(15-23-12-9-21-10-13-23)18(22-20(16)24)14-17-7-3-2-4-8-17/h2-8,11,21H,9-10,12-15H2,1H3. The average Bonchev–Trinajstić information content (AvgIpc) is 2.96. The second-order valence-corrected chi connectivity index (χ2v) is 6.58. The molecule has 24 heavy (non-hydrogen) atoms. The summed E-state index contributed by atoms with van der Waals surface area (Å²) in [6.45, 7) is 7.46. The summed E-state index contributed by atoms with van der Waals surface area (Å²) in [6, 6.07) is 14.9. The lowest BCUT2D eigenvalue weighted by molar-refractivity contribution is 0.229. The first-order valence-corrected chi connectivity index (χ1v) is 8.74. The average molecular weight is 320 g/mol. The van der Waals surface area contributed by atoms with E-state index in [4.69, 9.17) is 4.98 Å². The molecule has 0 aliphatic carbocycles. The van der Waals surface area contributed by atoms with Gasteiger partial charge in [-0.1, -0.05) is 36.4 Å². The van der Waals surface area contributed by atoms with Crippen molar-refractivity contribution < 1.29 is 0 Å². The van der Waals surface area contributed by atoms with E-state index in [1.54, 1.807) is 0 Å². The van der Waals surface area contributed by atoms with Crippen molar-refractivity contribution in [3.63, 3.8) is 0 Å². The molecule has 1 aliphatic heterocycles. The number of nitrogens with one attached hydrogen (secondary N) is 1. The summed E-state index contributed by atoms with van der Waals surface area (Å²) in [5.74, 6) is 0. The molecule has 4 heteroatoms. The number of aryl methyl sites for hydroxylation is 1. The molecule has 0 spiro atoms. The molecule has 4 nitrogen and oxygen atoms in total. The van der Waals surface area contributed by atoms with Crippen molar-refractivity contribution in [1.29, 1.82) is 0 Å². The van der Waals surface area contributed by atoms with Gasteiger partial charge in [0, 0.05) is 45.3 Å². The van der Waals surface area contributed by atoms with Gasteiger partial charge >= 0.3 is 0 Å². The van der Waals surface area contributed by atoms with Crippen molar-refractivity contribution in [3.8, 4) is 0 Å². The predicted octanol–water partition coefficient (Wildman–Crippen LogP) is 2.64. The Morgan fingerprint density at radius 1 is 1.04 bits per heavy atom. The molecule has 1 aromatic carbocycles. The van der Waals surface area contributed by atoms with Crippen LogP contribution in [0, 0.1) is 6.92 Å². The molecular formula is C20H24N4. The zero-order valence-corrected chi connectivity index (χ0v) is 14.2. The molecule has 1 fully saturated rings. The summed E-state index contributed by atoms with van der Waals surface area (Å²) < 4.78 is 2.29. The second kappa shape index (κ2) is 6.75. The fourth-order valence-electron chi connectivity index (χ4n) is 3.48. The van der Waals surface area contributed by atoms with Gasteiger partial charge in [-0.2, -0.15) is 0 Å². The van der Waals surface area contributed by atoms with E-state index in [9.17, 15) is 0 Å². The van der Waals surface area contributed by atoms with E-state index in [2.05, 4.69) is 70.2 Å². The molecule has 0 saturated carbocycles. The van der Waals surface area contributed by atoms with Gasteiger partial charge in [0.2, 0.25) is 0 Å². The molecule has 0 atom stereocenters. The minimum absolute atomic E-state index is 0.892. The third-order valence-electron chi connectivity index (χ3n) is 4.82. The molecule has 0 bridgehead atoms. The van der Waals surface area contributed by atoms with E-state index in [1.165, 1.54) is 22.5 Å². The lowest BCUT2D eigenvalue weighted by atomic mass is 10.1. The largest absolute Gasteiger partial charge is 0.314 e. The maximum atomic E-state index is 4.99. The van der Waals surface area contributed by atoms with Gasteiger partial charge in [0.25, 0.3) is 0 Å². The molecule has 0 amide bonds. The van der Waals surface area contributed by atoms with Gasteiger partial charge in [-0.3, -0.25) is 4.90 Å². The van der Waals surface area contributed by atoms with Gasteiger partial charge < -0.3 is 9.72 Å². The number of aromatic nitrogens is 2. The van der Waals surface area contributed by atoms with Gasteiger partial charge in [0.1, 0.15) is 5.65 Å². The fraction of sp³-hybridized carbons (Fsp3) is 0.350. The SMILES string of the molecule is Cc1cccn2c(CN3CCNCC3)c(Cc3ccccc3)nc12. The maximum absolute atomic E-state index is 4.99. The predicted molar refractivity (Wildman–Crippen MR) is 97.3 cm³/mol. The molecule has 1 aliphatic rings. The van der Waals surface area contributed by atoms with Crippen LogP contribution in [0.5, 0.6) is 0 Å². The van der Waals surface area contributed by atoms with E-state index in [-0.39, 0.29) is 0 Å². The number of imidazole rings is 1. The van der Waals surface area contributed by atoms with Crippen LogP contribution in [0.25, 0.3) is 5.65 Å². The number of hydrogen-bond acceptors (Lipinski definition) is 3. The third-order valence-corrected chi connectivity index (χ3v) is 4.82. The number of piperazine rings is 1. The van der Waals surface area contributed by atoms with Crippen molar-refractivity contribution in [2.75, 3.05) is 26.2 Å². The lowest BCUT2D eigenvalue weighted by Crippen LogP contribution is -2.43. The Hall–Kier alpha value is -2.17. The molecule has 1 saturated heterocycles. The zero-order valence-electron chi connectivity index (χ0n) is 14.2.